The highest BCUT2D eigenvalue weighted by molar-refractivity contribution is 5.33. The van der Waals surface area contributed by atoms with E-state index in [0.29, 0.717) is 6.10 Å². The van der Waals surface area contributed by atoms with Crippen LogP contribution in [0.2, 0.25) is 0 Å². The van der Waals surface area contributed by atoms with Crippen LogP contribution in [0.4, 0.5) is 0 Å². The van der Waals surface area contributed by atoms with Crippen LogP contribution in [0.3, 0.4) is 0 Å². The maximum absolute atomic E-state index is 6.04. The van der Waals surface area contributed by atoms with Gasteiger partial charge in [-0.15, -0.1) is 0 Å². The molecule has 0 spiro atoms. The number of ether oxygens (including phenoxy) is 1. The third-order valence-electron chi connectivity index (χ3n) is 3.74. The van der Waals surface area contributed by atoms with Gasteiger partial charge < -0.3 is 4.74 Å². The van der Waals surface area contributed by atoms with E-state index in [1.54, 1.807) is 0 Å². The fourth-order valence-electron chi connectivity index (χ4n) is 2.33. The molecule has 1 aliphatic rings. The summed E-state index contributed by atoms with van der Waals surface area (Å²) in [6, 6.07) is 6.41. The van der Waals surface area contributed by atoms with Gasteiger partial charge in [-0.25, -0.2) is 0 Å². The first-order chi connectivity index (χ1) is 8.65. The highest BCUT2D eigenvalue weighted by Crippen LogP contribution is 2.27. The average Bonchev–Trinajstić information content (AvgIpc) is 2.39. The van der Waals surface area contributed by atoms with Crippen LogP contribution in [0.25, 0.3) is 0 Å². The van der Waals surface area contributed by atoms with Crippen molar-refractivity contribution in [2.45, 2.75) is 66.4 Å². The maximum Gasteiger partial charge on any atom is 0.119 e. The number of benzene rings is 1. The summed E-state index contributed by atoms with van der Waals surface area (Å²) in [5.41, 5.74) is 2.66. The zero-order valence-electron chi connectivity index (χ0n) is 12.6. The topological polar surface area (TPSA) is 9.23 Å². The van der Waals surface area contributed by atoms with Gasteiger partial charge >= 0.3 is 0 Å². The second kappa shape index (κ2) is 7.45. The fraction of sp³-hybridized carbons (Fsp3) is 0.647. The molecule has 18 heavy (non-hydrogen) atoms. The molecule has 0 atom stereocenters. The summed E-state index contributed by atoms with van der Waals surface area (Å²) < 4.78 is 6.04. The molecule has 1 aromatic carbocycles. The molecule has 0 aliphatic heterocycles. The maximum atomic E-state index is 6.04. The first kappa shape index (κ1) is 15.1. The lowest BCUT2D eigenvalue weighted by Gasteiger charge is -2.27. The fourth-order valence-corrected chi connectivity index (χ4v) is 2.33. The summed E-state index contributed by atoms with van der Waals surface area (Å²) in [4.78, 5) is 0. The van der Waals surface area contributed by atoms with Crippen molar-refractivity contribution in [3.63, 3.8) is 0 Å². The number of aryl methyl sites for hydroxylation is 2. The molecule has 0 heterocycles. The van der Waals surface area contributed by atoms with Crippen LogP contribution >= 0.6 is 0 Å². The molecule has 1 saturated carbocycles. The molecule has 0 amide bonds. The Bertz CT molecular complexity index is 349. The largest absolute Gasteiger partial charge is 0.490 e. The molecule has 2 rings (SSSR count). The molecule has 102 valence electrons. The Kier molecular flexibility index (Phi) is 6.24. The predicted octanol–water partition coefficient (Wildman–Crippen LogP) is 5.29. The lowest BCUT2D eigenvalue weighted by molar-refractivity contribution is 0.135. The molecule has 0 aromatic heterocycles. The van der Waals surface area contributed by atoms with Gasteiger partial charge in [0, 0.05) is 0 Å². The summed E-state index contributed by atoms with van der Waals surface area (Å²) in [6.07, 6.45) is 5.51. The van der Waals surface area contributed by atoms with Crippen molar-refractivity contribution in [1.29, 1.82) is 0 Å². The van der Waals surface area contributed by atoms with E-state index in [2.05, 4.69) is 39.0 Å². The smallest absolute Gasteiger partial charge is 0.119 e. The number of hydrogen-bond acceptors (Lipinski definition) is 1. The Morgan fingerprint density at radius 3 is 2.11 bits per heavy atom. The molecule has 1 aliphatic carbocycles. The quantitative estimate of drug-likeness (QED) is 0.691. The van der Waals surface area contributed by atoms with Crippen molar-refractivity contribution in [2.24, 2.45) is 5.92 Å². The van der Waals surface area contributed by atoms with E-state index in [0.717, 1.165) is 11.7 Å². The van der Waals surface area contributed by atoms with E-state index in [1.807, 2.05) is 13.8 Å². The first-order valence-corrected chi connectivity index (χ1v) is 7.39. The summed E-state index contributed by atoms with van der Waals surface area (Å²) >= 11 is 0. The third-order valence-corrected chi connectivity index (χ3v) is 3.74. The van der Waals surface area contributed by atoms with Crippen LogP contribution < -0.4 is 4.74 Å². The molecule has 0 unspecified atom stereocenters. The molecular weight excluding hydrogens is 220 g/mol. The summed E-state index contributed by atoms with van der Waals surface area (Å²) in [5, 5.41) is 0. The van der Waals surface area contributed by atoms with E-state index in [4.69, 9.17) is 4.74 Å². The van der Waals surface area contributed by atoms with Crippen LogP contribution in [0, 0.1) is 19.8 Å². The van der Waals surface area contributed by atoms with Crippen LogP contribution in [0.1, 0.15) is 57.6 Å². The van der Waals surface area contributed by atoms with Gasteiger partial charge in [-0.1, -0.05) is 26.8 Å². The first-order valence-electron chi connectivity index (χ1n) is 7.39. The van der Waals surface area contributed by atoms with Crippen LogP contribution in [-0.4, -0.2) is 6.10 Å². The van der Waals surface area contributed by atoms with Crippen molar-refractivity contribution in [2.75, 3.05) is 0 Å². The second-order valence-electron chi connectivity index (χ2n) is 5.25. The SMILES string of the molecule is CC.Cc1ccc(OC2CCC(C)CC2)cc1C. The van der Waals surface area contributed by atoms with Crippen LogP contribution in [0.15, 0.2) is 18.2 Å². The molecule has 0 saturated heterocycles. The van der Waals surface area contributed by atoms with Crippen molar-refractivity contribution in [1.82, 2.24) is 0 Å². The van der Waals surface area contributed by atoms with E-state index in [9.17, 15) is 0 Å². The Balaban J connectivity index is 0.000000771. The predicted molar refractivity (Wildman–Crippen MR) is 79.3 cm³/mol. The minimum absolute atomic E-state index is 0.443. The lowest BCUT2D eigenvalue weighted by atomic mass is 9.89. The monoisotopic (exact) mass is 248 g/mol. The van der Waals surface area contributed by atoms with Gasteiger partial charge in [-0.2, -0.15) is 0 Å². The molecule has 0 radical (unpaired) electrons. The Morgan fingerprint density at radius 1 is 0.944 bits per heavy atom. The molecule has 0 N–H and O–H groups in total. The zero-order valence-corrected chi connectivity index (χ0v) is 12.6. The minimum Gasteiger partial charge on any atom is -0.490 e. The van der Waals surface area contributed by atoms with Gasteiger partial charge in [0.15, 0.2) is 0 Å². The molecule has 1 fully saturated rings. The van der Waals surface area contributed by atoms with E-state index >= 15 is 0 Å². The van der Waals surface area contributed by atoms with Crippen molar-refractivity contribution in [3.05, 3.63) is 29.3 Å². The average molecular weight is 248 g/mol. The number of rotatable bonds is 2. The summed E-state index contributed by atoms with van der Waals surface area (Å²) in [6.45, 7) is 10.6. The van der Waals surface area contributed by atoms with Crippen molar-refractivity contribution >= 4 is 0 Å². The van der Waals surface area contributed by atoms with Gasteiger partial charge in [-0.3, -0.25) is 0 Å². The molecule has 0 bridgehead atoms. The molecule has 1 heteroatoms. The van der Waals surface area contributed by atoms with Crippen molar-refractivity contribution < 1.29 is 4.74 Å². The number of hydrogen-bond donors (Lipinski definition) is 0. The van der Waals surface area contributed by atoms with E-state index in [-0.39, 0.29) is 0 Å². The summed E-state index contributed by atoms with van der Waals surface area (Å²) in [7, 11) is 0. The van der Waals surface area contributed by atoms with E-state index < -0.39 is 0 Å². The zero-order chi connectivity index (χ0) is 13.5. The lowest BCUT2D eigenvalue weighted by Crippen LogP contribution is -2.23. The Morgan fingerprint density at radius 2 is 1.56 bits per heavy atom. The second-order valence-corrected chi connectivity index (χ2v) is 5.25. The van der Waals surface area contributed by atoms with Crippen LogP contribution in [-0.2, 0) is 0 Å². The van der Waals surface area contributed by atoms with Crippen molar-refractivity contribution in [3.8, 4) is 5.75 Å². The standard InChI is InChI=1S/C15H22O.C2H6/c1-11-4-7-14(8-5-11)16-15-9-6-12(2)13(3)10-15;1-2/h6,9-11,14H,4-5,7-8H2,1-3H3;1-2H3. The van der Waals surface area contributed by atoms with E-state index in [1.165, 1.54) is 36.8 Å². The Labute approximate surface area is 113 Å². The summed E-state index contributed by atoms with van der Waals surface area (Å²) in [5.74, 6) is 1.93. The van der Waals surface area contributed by atoms with Gasteiger partial charge in [-0.05, 0) is 68.7 Å². The van der Waals surface area contributed by atoms with Gasteiger partial charge in [0.1, 0.15) is 5.75 Å². The molecule has 1 aromatic rings. The third kappa shape index (κ3) is 4.36. The van der Waals surface area contributed by atoms with Crippen LogP contribution in [0.5, 0.6) is 5.75 Å². The Hall–Kier alpha value is -0.980. The highest BCUT2D eigenvalue weighted by atomic mass is 16.5. The van der Waals surface area contributed by atoms with Gasteiger partial charge in [0.05, 0.1) is 6.10 Å². The normalized spacial score (nSPS) is 22.9. The van der Waals surface area contributed by atoms with Gasteiger partial charge in [0.2, 0.25) is 0 Å². The highest BCUT2D eigenvalue weighted by Gasteiger charge is 2.19. The molecule has 1 nitrogen and oxygen atoms in total. The minimum atomic E-state index is 0.443. The molecular formula is C17H28O. The van der Waals surface area contributed by atoms with Gasteiger partial charge in [0.25, 0.3) is 0 Å².